The smallest absolute Gasteiger partial charge is 0.131 e. The second-order valence-corrected chi connectivity index (χ2v) is 7.52. The van der Waals surface area contributed by atoms with Gasteiger partial charge in [-0.15, -0.1) is 22.9 Å². The Balaban J connectivity index is 2.22. The molecular formula is C14H17BrClN3S. The Kier molecular flexibility index (Phi) is 5.41. The SMILES string of the molecule is CC(C)c1ncc(N(C)Cc2csc(Br)c2)c(CCl)n1. The molecule has 2 aromatic heterocycles. The van der Waals surface area contributed by atoms with Crippen molar-refractivity contribution in [2.75, 3.05) is 11.9 Å². The summed E-state index contributed by atoms with van der Waals surface area (Å²) in [6.07, 6.45) is 1.88. The molecule has 6 heteroatoms. The van der Waals surface area contributed by atoms with Gasteiger partial charge in [-0.05, 0) is 32.9 Å². The van der Waals surface area contributed by atoms with Crippen LogP contribution < -0.4 is 4.90 Å². The first-order chi connectivity index (χ1) is 9.51. The second kappa shape index (κ2) is 6.87. The molecule has 0 N–H and O–H groups in total. The zero-order chi connectivity index (χ0) is 14.7. The van der Waals surface area contributed by atoms with Crippen molar-refractivity contribution in [3.05, 3.63) is 38.5 Å². The molecule has 0 spiro atoms. The van der Waals surface area contributed by atoms with Crippen LogP contribution in [0.15, 0.2) is 21.4 Å². The predicted molar refractivity (Wildman–Crippen MR) is 89.8 cm³/mol. The van der Waals surface area contributed by atoms with Gasteiger partial charge in [-0.25, -0.2) is 9.97 Å². The molecule has 2 aromatic rings. The van der Waals surface area contributed by atoms with Gasteiger partial charge in [-0.1, -0.05) is 13.8 Å². The van der Waals surface area contributed by atoms with Gasteiger partial charge in [0, 0.05) is 19.5 Å². The van der Waals surface area contributed by atoms with Crippen molar-refractivity contribution in [1.82, 2.24) is 9.97 Å². The van der Waals surface area contributed by atoms with Gasteiger partial charge >= 0.3 is 0 Å². The molecule has 0 fully saturated rings. The molecule has 0 aromatic carbocycles. The first-order valence-electron chi connectivity index (χ1n) is 6.37. The number of anilines is 1. The molecule has 0 amide bonds. The lowest BCUT2D eigenvalue weighted by Crippen LogP contribution is -2.19. The highest BCUT2D eigenvalue weighted by Gasteiger charge is 2.13. The standard InChI is InChI=1S/C14H17BrClN3S/c1-9(2)14-17-6-12(11(5-16)18-14)19(3)7-10-4-13(15)20-8-10/h4,6,8-9H,5,7H2,1-3H3. The van der Waals surface area contributed by atoms with Crippen LogP contribution in [0.4, 0.5) is 5.69 Å². The van der Waals surface area contributed by atoms with E-state index in [1.54, 1.807) is 11.3 Å². The minimum atomic E-state index is 0.309. The highest BCUT2D eigenvalue weighted by atomic mass is 79.9. The van der Waals surface area contributed by atoms with Gasteiger partial charge < -0.3 is 4.90 Å². The Morgan fingerprint density at radius 1 is 1.45 bits per heavy atom. The fourth-order valence-corrected chi connectivity index (χ4v) is 3.31. The van der Waals surface area contributed by atoms with E-state index in [0.717, 1.165) is 27.5 Å². The summed E-state index contributed by atoms with van der Waals surface area (Å²) in [5.41, 5.74) is 3.15. The molecule has 2 rings (SSSR count). The van der Waals surface area contributed by atoms with E-state index < -0.39 is 0 Å². The number of hydrogen-bond donors (Lipinski definition) is 0. The summed E-state index contributed by atoms with van der Waals surface area (Å²) in [7, 11) is 2.04. The van der Waals surface area contributed by atoms with Crippen LogP contribution in [0.25, 0.3) is 0 Å². The molecule has 0 unspecified atom stereocenters. The van der Waals surface area contributed by atoms with E-state index in [4.69, 9.17) is 11.6 Å². The van der Waals surface area contributed by atoms with E-state index in [2.05, 4.69) is 56.1 Å². The van der Waals surface area contributed by atoms with Gasteiger partial charge in [-0.3, -0.25) is 0 Å². The van der Waals surface area contributed by atoms with E-state index in [9.17, 15) is 0 Å². The number of halogens is 2. The summed E-state index contributed by atoms with van der Waals surface area (Å²) in [6, 6.07) is 2.13. The topological polar surface area (TPSA) is 29.0 Å². The molecular weight excluding hydrogens is 358 g/mol. The molecule has 0 aliphatic carbocycles. The van der Waals surface area contributed by atoms with Gasteiger partial charge in [0.2, 0.25) is 0 Å². The summed E-state index contributed by atoms with van der Waals surface area (Å²) in [5.74, 6) is 1.55. The average molecular weight is 375 g/mol. The van der Waals surface area contributed by atoms with Crippen molar-refractivity contribution in [3.8, 4) is 0 Å². The molecule has 0 saturated carbocycles. The van der Waals surface area contributed by atoms with Crippen molar-refractivity contribution in [2.45, 2.75) is 32.2 Å². The van der Waals surface area contributed by atoms with Gasteiger partial charge in [0.25, 0.3) is 0 Å². The highest BCUT2D eigenvalue weighted by molar-refractivity contribution is 9.11. The third-order valence-electron chi connectivity index (χ3n) is 2.96. The van der Waals surface area contributed by atoms with E-state index in [-0.39, 0.29) is 0 Å². The minimum Gasteiger partial charge on any atom is -0.367 e. The molecule has 0 saturated heterocycles. The van der Waals surface area contributed by atoms with Crippen LogP contribution in [0.2, 0.25) is 0 Å². The molecule has 0 radical (unpaired) electrons. The van der Waals surface area contributed by atoms with Crippen molar-refractivity contribution in [1.29, 1.82) is 0 Å². The van der Waals surface area contributed by atoms with Crippen molar-refractivity contribution in [3.63, 3.8) is 0 Å². The molecule has 0 aliphatic rings. The van der Waals surface area contributed by atoms with Crippen molar-refractivity contribution < 1.29 is 0 Å². The van der Waals surface area contributed by atoms with Crippen LogP contribution in [0, 0.1) is 0 Å². The lowest BCUT2D eigenvalue weighted by Gasteiger charge is -2.21. The van der Waals surface area contributed by atoms with Gasteiger partial charge in [0.05, 0.1) is 27.2 Å². The third kappa shape index (κ3) is 3.71. The molecule has 20 heavy (non-hydrogen) atoms. The van der Waals surface area contributed by atoms with Crippen LogP contribution in [0.1, 0.15) is 36.8 Å². The minimum absolute atomic E-state index is 0.309. The summed E-state index contributed by atoms with van der Waals surface area (Å²) in [6.45, 7) is 4.98. The van der Waals surface area contributed by atoms with Crippen LogP contribution in [-0.4, -0.2) is 17.0 Å². The second-order valence-electron chi connectivity index (χ2n) is 4.96. The molecule has 0 bridgehead atoms. The Hall–Kier alpha value is -0.650. The van der Waals surface area contributed by atoms with Crippen LogP contribution in [-0.2, 0) is 12.4 Å². The van der Waals surface area contributed by atoms with Crippen molar-refractivity contribution >= 4 is 44.6 Å². The lowest BCUT2D eigenvalue weighted by molar-refractivity contribution is 0.758. The van der Waals surface area contributed by atoms with Crippen LogP contribution in [0.5, 0.6) is 0 Å². The molecule has 3 nitrogen and oxygen atoms in total. The third-order valence-corrected chi connectivity index (χ3v) is 4.77. The number of nitrogens with zero attached hydrogens (tertiary/aromatic N) is 3. The quantitative estimate of drug-likeness (QED) is 0.704. The maximum atomic E-state index is 6.04. The Labute approximate surface area is 137 Å². The van der Waals surface area contributed by atoms with Crippen LogP contribution in [0.3, 0.4) is 0 Å². The molecule has 0 aliphatic heterocycles. The Bertz CT molecular complexity index is 586. The molecule has 108 valence electrons. The number of thiophene rings is 1. The largest absolute Gasteiger partial charge is 0.367 e. The maximum Gasteiger partial charge on any atom is 0.131 e. The summed E-state index contributed by atoms with van der Waals surface area (Å²) in [4.78, 5) is 11.1. The van der Waals surface area contributed by atoms with Gasteiger partial charge in [0.15, 0.2) is 0 Å². The van der Waals surface area contributed by atoms with E-state index in [0.29, 0.717) is 11.8 Å². The average Bonchev–Trinajstić information content (AvgIpc) is 2.83. The first kappa shape index (κ1) is 15.7. The summed E-state index contributed by atoms with van der Waals surface area (Å²) in [5, 5.41) is 2.14. The highest BCUT2D eigenvalue weighted by Crippen LogP contribution is 2.25. The Morgan fingerprint density at radius 2 is 2.20 bits per heavy atom. The molecule has 0 atom stereocenters. The summed E-state index contributed by atoms with van der Waals surface area (Å²) >= 11 is 11.2. The predicted octanol–water partition coefficient (Wildman–Crippen LogP) is 4.80. The van der Waals surface area contributed by atoms with Crippen molar-refractivity contribution in [2.24, 2.45) is 0 Å². The van der Waals surface area contributed by atoms with Gasteiger partial charge in [-0.2, -0.15) is 0 Å². The Morgan fingerprint density at radius 3 is 2.75 bits per heavy atom. The maximum absolute atomic E-state index is 6.04. The number of aromatic nitrogens is 2. The van der Waals surface area contributed by atoms with Crippen LogP contribution >= 0.6 is 38.9 Å². The van der Waals surface area contributed by atoms with E-state index in [1.165, 1.54) is 5.56 Å². The number of hydrogen-bond acceptors (Lipinski definition) is 4. The fourth-order valence-electron chi connectivity index (χ4n) is 1.91. The number of rotatable bonds is 5. The monoisotopic (exact) mass is 373 g/mol. The van der Waals surface area contributed by atoms with Gasteiger partial charge in [0.1, 0.15) is 5.82 Å². The normalized spacial score (nSPS) is 11.1. The lowest BCUT2D eigenvalue weighted by atomic mass is 10.2. The zero-order valence-corrected chi connectivity index (χ0v) is 14.9. The van der Waals surface area contributed by atoms with E-state index in [1.807, 2.05) is 13.2 Å². The fraction of sp³-hybridized carbons (Fsp3) is 0.429. The number of alkyl halides is 1. The van der Waals surface area contributed by atoms with E-state index >= 15 is 0 Å². The first-order valence-corrected chi connectivity index (χ1v) is 8.57. The molecule has 2 heterocycles. The summed E-state index contributed by atoms with van der Waals surface area (Å²) < 4.78 is 1.14. The zero-order valence-electron chi connectivity index (χ0n) is 11.7.